The number of nitrogens with zero attached hydrogens (tertiary/aromatic N) is 3. The lowest BCUT2D eigenvalue weighted by Gasteiger charge is -2.20. The summed E-state index contributed by atoms with van der Waals surface area (Å²) < 4.78 is 7.92. The number of hydrogen-bond acceptors (Lipinski definition) is 4. The summed E-state index contributed by atoms with van der Waals surface area (Å²) in [6.07, 6.45) is 4.40. The van der Waals surface area contributed by atoms with Gasteiger partial charge in [-0.05, 0) is 74.6 Å². The molecule has 3 aromatic carbocycles. The second kappa shape index (κ2) is 12.5. The third kappa shape index (κ3) is 6.79. The predicted molar refractivity (Wildman–Crippen MR) is 163 cm³/mol. The van der Waals surface area contributed by atoms with Crippen molar-refractivity contribution < 1.29 is 14.3 Å². The number of aromatic nitrogens is 2. The fourth-order valence-corrected chi connectivity index (χ4v) is 4.82. The molecule has 210 valence electrons. The van der Waals surface area contributed by atoms with Crippen LogP contribution in [0.3, 0.4) is 0 Å². The van der Waals surface area contributed by atoms with Crippen LogP contribution in [-0.4, -0.2) is 34.1 Å². The van der Waals surface area contributed by atoms with Gasteiger partial charge in [0.25, 0.3) is 0 Å². The first-order chi connectivity index (χ1) is 19.1. The van der Waals surface area contributed by atoms with Crippen molar-refractivity contribution in [1.29, 1.82) is 0 Å². The Balaban J connectivity index is 1.66. The number of fused-ring (bicyclic) bond motifs is 1. The minimum absolute atomic E-state index is 0.112. The van der Waals surface area contributed by atoms with Crippen LogP contribution in [0, 0.1) is 0 Å². The van der Waals surface area contributed by atoms with Crippen LogP contribution in [-0.2, 0) is 22.5 Å². The number of amides is 1. The first-order valence-electron chi connectivity index (χ1n) is 14.3. The number of imidazole rings is 1. The SMILES string of the molecule is CCCCc1nc2ccc(N(C)C(=O)CCC)cc2n1Cc1ccc(-c2ccccc2C(=O)OC(C)(C)C)cc1. The molecule has 0 bridgehead atoms. The quantitative estimate of drug-likeness (QED) is 0.193. The summed E-state index contributed by atoms with van der Waals surface area (Å²) in [5.74, 6) is 0.841. The average molecular weight is 540 g/mol. The minimum Gasteiger partial charge on any atom is -0.456 e. The van der Waals surface area contributed by atoms with Crippen molar-refractivity contribution in [3.8, 4) is 11.1 Å². The molecule has 0 fully saturated rings. The van der Waals surface area contributed by atoms with Crippen molar-refractivity contribution in [1.82, 2.24) is 9.55 Å². The van der Waals surface area contributed by atoms with Gasteiger partial charge in [0.2, 0.25) is 5.91 Å². The van der Waals surface area contributed by atoms with Crippen LogP contribution < -0.4 is 4.90 Å². The van der Waals surface area contributed by atoms with Gasteiger partial charge < -0.3 is 14.2 Å². The molecule has 0 N–H and O–H groups in total. The Hall–Kier alpha value is -3.93. The molecule has 0 spiro atoms. The largest absolute Gasteiger partial charge is 0.456 e. The predicted octanol–water partition coefficient (Wildman–Crippen LogP) is 7.81. The van der Waals surface area contributed by atoms with E-state index in [1.165, 1.54) is 0 Å². The molecule has 0 unspecified atom stereocenters. The molecule has 4 aromatic rings. The molecular formula is C34H41N3O3. The zero-order valence-electron chi connectivity index (χ0n) is 24.7. The first-order valence-corrected chi connectivity index (χ1v) is 14.3. The number of rotatable bonds is 10. The van der Waals surface area contributed by atoms with Gasteiger partial charge in [0.05, 0.1) is 16.6 Å². The zero-order chi connectivity index (χ0) is 28.9. The van der Waals surface area contributed by atoms with Gasteiger partial charge in [0, 0.05) is 32.1 Å². The lowest BCUT2D eigenvalue weighted by atomic mass is 9.98. The molecule has 6 nitrogen and oxygen atoms in total. The molecule has 0 radical (unpaired) electrons. The number of carbonyl (C=O) groups excluding carboxylic acids is 2. The van der Waals surface area contributed by atoms with E-state index in [-0.39, 0.29) is 11.9 Å². The monoisotopic (exact) mass is 539 g/mol. The highest BCUT2D eigenvalue weighted by Crippen LogP contribution is 2.28. The summed E-state index contributed by atoms with van der Waals surface area (Å²) in [7, 11) is 1.84. The second-order valence-electron chi connectivity index (χ2n) is 11.3. The smallest absolute Gasteiger partial charge is 0.339 e. The van der Waals surface area contributed by atoms with Gasteiger partial charge in [-0.2, -0.15) is 0 Å². The maximum atomic E-state index is 12.9. The van der Waals surface area contributed by atoms with Crippen LogP contribution in [0.25, 0.3) is 22.2 Å². The number of unbranched alkanes of at least 4 members (excludes halogenated alkanes) is 1. The van der Waals surface area contributed by atoms with Crippen LogP contribution in [0.4, 0.5) is 5.69 Å². The maximum Gasteiger partial charge on any atom is 0.339 e. The number of anilines is 1. The zero-order valence-corrected chi connectivity index (χ0v) is 24.7. The van der Waals surface area contributed by atoms with Crippen molar-refractivity contribution in [2.24, 2.45) is 0 Å². The number of esters is 1. The Morgan fingerprint density at radius 1 is 0.950 bits per heavy atom. The van der Waals surface area contributed by atoms with Gasteiger partial charge in [0.1, 0.15) is 11.4 Å². The number of carbonyl (C=O) groups is 2. The van der Waals surface area contributed by atoms with E-state index in [4.69, 9.17) is 9.72 Å². The molecule has 0 atom stereocenters. The Labute approximate surface area is 238 Å². The summed E-state index contributed by atoms with van der Waals surface area (Å²) in [5.41, 5.74) is 5.79. The normalized spacial score (nSPS) is 11.6. The number of ether oxygens (including phenoxy) is 1. The van der Waals surface area contributed by atoms with Crippen LogP contribution in [0.2, 0.25) is 0 Å². The van der Waals surface area contributed by atoms with E-state index in [1.54, 1.807) is 4.90 Å². The summed E-state index contributed by atoms with van der Waals surface area (Å²) in [5, 5.41) is 0. The number of hydrogen-bond donors (Lipinski definition) is 0. The maximum absolute atomic E-state index is 12.9. The molecule has 4 rings (SSSR count). The lowest BCUT2D eigenvalue weighted by Crippen LogP contribution is -2.25. The number of benzene rings is 3. The van der Waals surface area contributed by atoms with E-state index in [1.807, 2.05) is 71.1 Å². The highest BCUT2D eigenvalue weighted by molar-refractivity contribution is 5.97. The molecule has 6 heteroatoms. The molecular weight excluding hydrogens is 498 g/mol. The molecule has 0 aliphatic rings. The molecule has 0 saturated carbocycles. The van der Waals surface area contributed by atoms with Crippen LogP contribution in [0.1, 0.15) is 82.0 Å². The molecule has 1 heterocycles. The molecule has 0 aliphatic carbocycles. The van der Waals surface area contributed by atoms with Gasteiger partial charge in [-0.1, -0.05) is 62.7 Å². The summed E-state index contributed by atoms with van der Waals surface area (Å²) in [6.45, 7) is 10.5. The van der Waals surface area contributed by atoms with Crippen molar-refractivity contribution >= 4 is 28.6 Å². The Morgan fingerprint density at radius 3 is 2.35 bits per heavy atom. The van der Waals surface area contributed by atoms with Gasteiger partial charge >= 0.3 is 5.97 Å². The van der Waals surface area contributed by atoms with E-state index < -0.39 is 5.60 Å². The van der Waals surface area contributed by atoms with Crippen molar-refractivity contribution in [3.05, 3.63) is 83.7 Å². The van der Waals surface area contributed by atoms with Gasteiger partial charge in [-0.3, -0.25) is 4.79 Å². The third-order valence-electron chi connectivity index (χ3n) is 6.94. The first kappa shape index (κ1) is 29.1. The van der Waals surface area contributed by atoms with Crippen molar-refractivity contribution in [2.75, 3.05) is 11.9 Å². The lowest BCUT2D eigenvalue weighted by molar-refractivity contribution is -0.118. The van der Waals surface area contributed by atoms with Crippen LogP contribution >= 0.6 is 0 Å². The van der Waals surface area contributed by atoms with Crippen LogP contribution in [0.5, 0.6) is 0 Å². The fourth-order valence-electron chi connectivity index (χ4n) is 4.82. The summed E-state index contributed by atoms with van der Waals surface area (Å²) in [6, 6.07) is 22.0. The Bertz CT molecular complexity index is 1480. The van der Waals surface area contributed by atoms with Gasteiger partial charge in [-0.25, -0.2) is 9.78 Å². The summed E-state index contributed by atoms with van der Waals surface area (Å²) in [4.78, 5) is 32.1. The Morgan fingerprint density at radius 2 is 1.68 bits per heavy atom. The highest BCUT2D eigenvalue weighted by atomic mass is 16.6. The highest BCUT2D eigenvalue weighted by Gasteiger charge is 2.21. The van der Waals surface area contributed by atoms with E-state index in [2.05, 4.69) is 41.8 Å². The van der Waals surface area contributed by atoms with E-state index in [9.17, 15) is 9.59 Å². The molecule has 40 heavy (non-hydrogen) atoms. The van der Waals surface area contributed by atoms with Gasteiger partial charge in [0.15, 0.2) is 0 Å². The molecule has 0 aliphatic heterocycles. The van der Waals surface area contributed by atoms with E-state index >= 15 is 0 Å². The van der Waals surface area contributed by atoms with E-state index in [0.29, 0.717) is 18.5 Å². The topological polar surface area (TPSA) is 64.4 Å². The minimum atomic E-state index is -0.560. The Kier molecular flexibility index (Phi) is 9.08. The molecule has 1 aromatic heterocycles. The van der Waals surface area contributed by atoms with Crippen molar-refractivity contribution in [3.63, 3.8) is 0 Å². The number of aryl methyl sites for hydroxylation is 1. The van der Waals surface area contributed by atoms with Gasteiger partial charge in [-0.15, -0.1) is 0 Å². The molecule has 1 amide bonds. The fraction of sp³-hybridized carbons (Fsp3) is 0.382. The van der Waals surface area contributed by atoms with Crippen LogP contribution in [0.15, 0.2) is 66.7 Å². The second-order valence-corrected chi connectivity index (χ2v) is 11.3. The van der Waals surface area contributed by atoms with E-state index in [0.717, 1.165) is 64.9 Å². The standard InChI is InChI=1S/C34H41N3O3/c1-7-9-15-31-35-29-21-20-26(36(6)32(38)12-8-2)22-30(29)37(31)23-24-16-18-25(19-17-24)27-13-10-11-14-28(27)33(39)40-34(3,4)5/h10-11,13-14,16-22H,7-9,12,15,23H2,1-6H3. The third-order valence-corrected chi connectivity index (χ3v) is 6.94. The summed E-state index contributed by atoms with van der Waals surface area (Å²) >= 11 is 0. The molecule has 0 saturated heterocycles. The van der Waals surface area contributed by atoms with Crippen molar-refractivity contribution in [2.45, 2.75) is 78.9 Å². The average Bonchev–Trinajstić information content (AvgIpc) is 3.27.